The fraction of sp³-hybridized carbons (Fsp3) is 0.833. The van der Waals surface area contributed by atoms with E-state index in [0.717, 1.165) is 13.0 Å². The first kappa shape index (κ1) is 14.0. The van der Waals surface area contributed by atoms with Crippen molar-refractivity contribution >= 4 is 11.9 Å². The molecule has 1 fully saturated rings. The monoisotopic (exact) mass is 242 g/mol. The molecule has 98 valence electrons. The van der Waals surface area contributed by atoms with Gasteiger partial charge < -0.3 is 10.4 Å². The Morgan fingerprint density at radius 2 is 2.06 bits per heavy atom. The minimum absolute atomic E-state index is 0.0466. The lowest BCUT2D eigenvalue weighted by Gasteiger charge is -2.38. The maximum Gasteiger partial charge on any atom is 0.317 e. The number of aliphatic carboxylic acids is 1. The summed E-state index contributed by atoms with van der Waals surface area (Å²) >= 11 is 0. The fourth-order valence-electron chi connectivity index (χ4n) is 2.43. The Kier molecular flexibility index (Phi) is 4.93. The zero-order valence-electron chi connectivity index (χ0n) is 10.8. The highest BCUT2D eigenvalue weighted by molar-refractivity contribution is 5.73. The zero-order chi connectivity index (χ0) is 13.0. The predicted octanol–water partition coefficient (Wildman–Crippen LogP) is 0.554. The molecule has 1 saturated heterocycles. The van der Waals surface area contributed by atoms with E-state index in [2.05, 4.69) is 19.2 Å². The van der Waals surface area contributed by atoms with Gasteiger partial charge in [0, 0.05) is 26.1 Å². The Morgan fingerprint density at radius 1 is 1.41 bits per heavy atom. The Hall–Kier alpha value is -1.10. The average molecular weight is 242 g/mol. The molecule has 1 rings (SSSR count). The summed E-state index contributed by atoms with van der Waals surface area (Å²) in [6, 6.07) is 0.0769. The molecule has 0 aromatic rings. The number of carbonyl (C=O) groups is 2. The van der Waals surface area contributed by atoms with Crippen molar-refractivity contribution in [1.29, 1.82) is 0 Å². The van der Waals surface area contributed by atoms with Crippen molar-refractivity contribution in [2.45, 2.75) is 33.2 Å². The van der Waals surface area contributed by atoms with Crippen LogP contribution >= 0.6 is 0 Å². The SMILES string of the molecule is CC(=O)NC1CC(C(C)C)CN(CC(=O)O)C1. The first-order chi connectivity index (χ1) is 7.88. The van der Waals surface area contributed by atoms with E-state index in [9.17, 15) is 9.59 Å². The van der Waals surface area contributed by atoms with Gasteiger partial charge in [-0.1, -0.05) is 13.8 Å². The van der Waals surface area contributed by atoms with Crippen LogP contribution in [0.4, 0.5) is 0 Å². The molecule has 2 N–H and O–H groups in total. The van der Waals surface area contributed by atoms with Gasteiger partial charge in [-0.15, -0.1) is 0 Å². The van der Waals surface area contributed by atoms with E-state index < -0.39 is 5.97 Å². The molecule has 0 spiro atoms. The van der Waals surface area contributed by atoms with E-state index in [4.69, 9.17) is 5.11 Å². The van der Waals surface area contributed by atoms with E-state index in [-0.39, 0.29) is 18.5 Å². The van der Waals surface area contributed by atoms with Crippen LogP contribution in [-0.2, 0) is 9.59 Å². The maximum atomic E-state index is 11.1. The van der Waals surface area contributed by atoms with Crippen LogP contribution in [0.2, 0.25) is 0 Å². The molecule has 0 aliphatic carbocycles. The number of piperidine rings is 1. The number of carboxylic acid groups (broad SMARTS) is 1. The van der Waals surface area contributed by atoms with Gasteiger partial charge in [-0.25, -0.2) is 0 Å². The lowest BCUT2D eigenvalue weighted by atomic mass is 9.85. The number of amides is 1. The summed E-state index contributed by atoms with van der Waals surface area (Å²) in [7, 11) is 0. The molecule has 5 heteroatoms. The van der Waals surface area contributed by atoms with Crippen molar-refractivity contribution in [3.05, 3.63) is 0 Å². The maximum absolute atomic E-state index is 11.1. The lowest BCUT2D eigenvalue weighted by Crippen LogP contribution is -2.52. The van der Waals surface area contributed by atoms with Crippen LogP contribution in [0.25, 0.3) is 0 Å². The molecule has 0 saturated carbocycles. The van der Waals surface area contributed by atoms with Gasteiger partial charge in [-0.3, -0.25) is 14.5 Å². The molecule has 2 atom stereocenters. The molecule has 0 aromatic heterocycles. The van der Waals surface area contributed by atoms with Gasteiger partial charge in [0.05, 0.1) is 6.54 Å². The van der Waals surface area contributed by atoms with Crippen LogP contribution in [0.15, 0.2) is 0 Å². The summed E-state index contributed by atoms with van der Waals surface area (Å²) in [6.07, 6.45) is 0.938. The summed E-state index contributed by atoms with van der Waals surface area (Å²) in [6.45, 7) is 7.27. The Morgan fingerprint density at radius 3 is 2.53 bits per heavy atom. The second-order valence-corrected chi connectivity index (χ2v) is 5.23. The van der Waals surface area contributed by atoms with Crippen molar-refractivity contribution in [1.82, 2.24) is 10.2 Å². The molecule has 0 aromatic carbocycles. The van der Waals surface area contributed by atoms with Crippen LogP contribution in [0, 0.1) is 11.8 Å². The molecule has 0 bridgehead atoms. The van der Waals surface area contributed by atoms with Crippen molar-refractivity contribution in [3.8, 4) is 0 Å². The van der Waals surface area contributed by atoms with Crippen molar-refractivity contribution in [2.75, 3.05) is 19.6 Å². The number of likely N-dealkylation sites (tertiary alicyclic amines) is 1. The third-order valence-corrected chi connectivity index (χ3v) is 3.27. The van der Waals surface area contributed by atoms with Gasteiger partial charge >= 0.3 is 5.97 Å². The molecule has 2 unspecified atom stereocenters. The topological polar surface area (TPSA) is 69.6 Å². The molecule has 17 heavy (non-hydrogen) atoms. The number of nitrogens with one attached hydrogen (secondary N) is 1. The number of carboxylic acids is 1. The van der Waals surface area contributed by atoms with Crippen LogP contribution in [0.1, 0.15) is 27.2 Å². The van der Waals surface area contributed by atoms with Crippen LogP contribution in [0.3, 0.4) is 0 Å². The summed E-state index contributed by atoms with van der Waals surface area (Å²) in [4.78, 5) is 23.7. The average Bonchev–Trinajstić information content (AvgIpc) is 2.14. The number of hydrogen-bond donors (Lipinski definition) is 2. The summed E-state index contributed by atoms with van der Waals surface area (Å²) in [5.74, 6) is 0.0912. The second kappa shape index (κ2) is 6.00. The largest absolute Gasteiger partial charge is 0.480 e. The van der Waals surface area contributed by atoms with Crippen molar-refractivity contribution in [3.63, 3.8) is 0 Å². The van der Waals surface area contributed by atoms with Crippen LogP contribution < -0.4 is 5.32 Å². The highest BCUT2D eigenvalue weighted by Gasteiger charge is 2.30. The minimum Gasteiger partial charge on any atom is -0.480 e. The lowest BCUT2D eigenvalue weighted by molar-refractivity contribution is -0.139. The molecule has 0 radical (unpaired) electrons. The highest BCUT2D eigenvalue weighted by atomic mass is 16.4. The number of hydrogen-bond acceptors (Lipinski definition) is 3. The third-order valence-electron chi connectivity index (χ3n) is 3.27. The van der Waals surface area contributed by atoms with E-state index in [1.165, 1.54) is 6.92 Å². The smallest absolute Gasteiger partial charge is 0.317 e. The number of nitrogens with zero attached hydrogens (tertiary/aromatic N) is 1. The normalized spacial score (nSPS) is 25.9. The van der Waals surface area contributed by atoms with Crippen LogP contribution in [0.5, 0.6) is 0 Å². The molecular formula is C12H22N2O3. The fourth-order valence-corrected chi connectivity index (χ4v) is 2.43. The molecule has 5 nitrogen and oxygen atoms in total. The van der Waals surface area contributed by atoms with E-state index in [1.54, 1.807) is 0 Å². The Balaban J connectivity index is 2.61. The summed E-state index contributed by atoms with van der Waals surface area (Å²) in [5, 5.41) is 11.7. The van der Waals surface area contributed by atoms with Crippen LogP contribution in [-0.4, -0.2) is 47.6 Å². The van der Waals surface area contributed by atoms with Gasteiger partial charge in [-0.2, -0.15) is 0 Å². The first-order valence-corrected chi connectivity index (χ1v) is 6.09. The van der Waals surface area contributed by atoms with E-state index in [0.29, 0.717) is 18.4 Å². The quantitative estimate of drug-likeness (QED) is 0.755. The minimum atomic E-state index is -0.809. The predicted molar refractivity (Wildman–Crippen MR) is 64.6 cm³/mol. The van der Waals surface area contributed by atoms with Crippen molar-refractivity contribution < 1.29 is 14.7 Å². The third kappa shape index (κ3) is 4.73. The number of rotatable bonds is 4. The standard InChI is InChI=1S/C12H22N2O3/c1-8(2)10-4-11(13-9(3)15)6-14(5-10)7-12(16)17/h8,10-11H,4-7H2,1-3H3,(H,13,15)(H,16,17). The molecule has 1 aliphatic rings. The van der Waals surface area contributed by atoms with E-state index >= 15 is 0 Å². The molecular weight excluding hydrogens is 220 g/mol. The Labute approximate surface area is 102 Å². The van der Waals surface area contributed by atoms with Gasteiger partial charge in [0.25, 0.3) is 0 Å². The highest BCUT2D eigenvalue weighted by Crippen LogP contribution is 2.23. The van der Waals surface area contributed by atoms with Crippen molar-refractivity contribution in [2.24, 2.45) is 11.8 Å². The summed E-state index contributed by atoms with van der Waals surface area (Å²) in [5.41, 5.74) is 0. The molecule has 1 amide bonds. The van der Waals surface area contributed by atoms with Gasteiger partial charge in [-0.05, 0) is 18.3 Å². The van der Waals surface area contributed by atoms with Gasteiger partial charge in [0.15, 0.2) is 0 Å². The second-order valence-electron chi connectivity index (χ2n) is 5.23. The summed E-state index contributed by atoms with van der Waals surface area (Å²) < 4.78 is 0. The van der Waals surface area contributed by atoms with Gasteiger partial charge in [0.1, 0.15) is 0 Å². The molecule has 1 aliphatic heterocycles. The first-order valence-electron chi connectivity index (χ1n) is 6.09. The Bertz CT molecular complexity index is 267. The van der Waals surface area contributed by atoms with E-state index in [1.807, 2.05) is 4.90 Å². The number of carbonyl (C=O) groups excluding carboxylic acids is 1. The molecule has 1 heterocycles. The van der Waals surface area contributed by atoms with Gasteiger partial charge in [0.2, 0.25) is 5.91 Å². The zero-order valence-corrected chi connectivity index (χ0v) is 10.8.